The zero-order valence-corrected chi connectivity index (χ0v) is 12.1. The van der Waals surface area contributed by atoms with Crippen molar-refractivity contribution in [1.29, 1.82) is 0 Å². The second kappa shape index (κ2) is 6.61. The van der Waals surface area contributed by atoms with Gasteiger partial charge in [0.15, 0.2) is 0 Å². The maximum absolute atomic E-state index is 11.2. The molecule has 0 aliphatic rings. The Labute approximate surface area is 114 Å². The van der Waals surface area contributed by atoms with Crippen LogP contribution >= 0.6 is 15.9 Å². The van der Waals surface area contributed by atoms with E-state index in [1.165, 1.54) is 7.11 Å². The van der Waals surface area contributed by atoms with E-state index in [0.717, 1.165) is 5.56 Å². The number of ether oxygens (including phenoxy) is 3. The van der Waals surface area contributed by atoms with Gasteiger partial charge in [-0.25, -0.2) is 0 Å². The molecule has 0 unspecified atom stereocenters. The fourth-order valence-electron chi connectivity index (χ4n) is 1.48. The highest BCUT2D eigenvalue weighted by Gasteiger charge is 2.17. The van der Waals surface area contributed by atoms with Gasteiger partial charge in [-0.1, -0.05) is 0 Å². The molecule has 1 aromatic carbocycles. The molecule has 0 aliphatic heterocycles. The zero-order valence-electron chi connectivity index (χ0n) is 10.5. The first-order valence-corrected chi connectivity index (χ1v) is 6.06. The highest BCUT2D eigenvalue weighted by molar-refractivity contribution is 9.10. The summed E-state index contributed by atoms with van der Waals surface area (Å²) in [5, 5.41) is 0. The lowest BCUT2D eigenvalue weighted by atomic mass is 10.0. The van der Waals surface area contributed by atoms with Gasteiger partial charge in [0.05, 0.1) is 27.8 Å². The van der Waals surface area contributed by atoms with Gasteiger partial charge in [0.25, 0.3) is 0 Å². The van der Waals surface area contributed by atoms with Crippen LogP contribution in [0.5, 0.6) is 11.5 Å². The second-order valence-electron chi connectivity index (χ2n) is 3.63. The van der Waals surface area contributed by atoms with E-state index in [9.17, 15) is 4.79 Å². The molecule has 6 heteroatoms. The topological polar surface area (TPSA) is 70.8 Å². The van der Waals surface area contributed by atoms with Crippen LogP contribution in [-0.4, -0.2) is 27.3 Å². The Morgan fingerprint density at radius 1 is 1.28 bits per heavy atom. The quantitative estimate of drug-likeness (QED) is 0.841. The van der Waals surface area contributed by atoms with E-state index >= 15 is 0 Å². The molecule has 1 aromatic rings. The fourth-order valence-corrected chi connectivity index (χ4v) is 2.04. The predicted octanol–water partition coefficient (Wildman–Crippen LogP) is 2.03. The minimum Gasteiger partial charge on any atom is -0.495 e. The van der Waals surface area contributed by atoms with Crippen LogP contribution in [0, 0.1) is 0 Å². The summed E-state index contributed by atoms with van der Waals surface area (Å²) in [7, 11) is 4.43. The molecule has 18 heavy (non-hydrogen) atoms. The summed E-state index contributed by atoms with van der Waals surface area (Å²) in [5.41, 5.74) is 6.69. The molecule has 0 saturated heterocycles. The molecule has 0 amide bonds. The Hall–Kier alpha value is -1.27. The Balaban J connectivity index is 3.05. The van der Waals surface area contributed by atoms with E-state index in [1.807, 2.05) is 0 Å². The summed E-state index contributed by atoms with van der Waals surface area (Å²) in [5.74, 6) is 0.845. The molecule has 100 valence electrons. The zero-order chi connectivity index (χ0) is 13.7. The van der Waals surface area contributed by atoms with Crippen LogP contribution < -0.4 is 15.2 Å². The van der Waals surface area contributed by atoms with E-state index in [4.69, 9.17) is 15.2 Å². The smallest absolute Gasteiger partial charge is 0.307 e. The van der Waals surface area contributed by atoms with Gasteiger partial charge >= 0.3 is 5.97 Å². The molecule has 2 N–H and O–H groups in total. The molecule has 1 rings (SSSR count). The monoisotopic (exact) mass is 317 g/mol. The number of rotatable bonds is 5. The number of hydrogen-bond donors (Lipinski definition) is 1. The van der Waals surface area contributed by atoms with Crippen LogP contribution in [0.3, 0.4) is 0 Å². The number of esters is 1. The Kier molecular flexibility index (Phi) is 5.43. The molecule has 0 fully saturated rings. The van der Waals surface area contributed by atoms with Crippen LogP contribution in [-0.2, 0) is 9.53 Å². The van der Waals surface area contributed by atoms with Gasteiger partial charge in [-0.15, -0.1) is 0 Å². The predicted molar refractivity (Wildman–Crippen MR) is 70.8 cm³/mol. The number of benzene rings is 1. The molecule has 0 bridgehead atoms. The van der Waals surface area contributed by atoms with Crippen molar-refractivity contribution < 1.29 is 19.0 Å². The van der Waals surface area contributed by atoms with E-state index in [1.54, 1.807) is 26.4 Å². The molecule has 5 nitrogen and oxygen atoms in total. The summed E-state index contributed by atoms with van der Waals surface area (Å²) in [6.45, 7) is 0. The minimum atomic E-state index is -0.464. The van der Waals surface area contributed by atoms with Crippen molar-refractivity contribution in [2.75, 3.05) is 21.3 Å². The first kappa shape index (κ1) is 14.8. The van der Waals surface area contributed by atoms with Gasteiger partial charge in [-0.2, -0.15) is 0 Å². The van der Waals surface area contributed by atoms with Crippen LogP contribution in [0.4, 0.5) is 0 Å². The molecule has 0 saturated carbocycles. The number of carbonyl (C=O) groups is 1. The average molecular weight is 318 g/mol. The Bertz CT molecular complexity index is 411. The molecule has 0 aliphatic carbocycles. The van der Waals surface area contributed by atoms with Crippen molar-refractivity contribution in [2.24, 2.45) is 5.73 Å². The average Bonchev–Trinajstić information content (AvgIpc) is 2.38. The van der Waals surface area contributed by atoms with Crippen LogP contribution in [0.2, 0.25) is 0 Å². The largest absolute Gasteiger partial charge is 0.495 e. The van der Waals surface area contributed by atoms with Gasteiger partial charge in [0.1, 0.15) is 16.0 Å². The van der Waals surface area contributed by atoms with E-state index in [-0.39, 0.29) is 12.4 Å². The molecule has 0 aromatic heterocycles. The van der Waals surface area contributed by atoms with Gasteiger partial charge in [-0.3, -0.25) is 4.79 Å². The number of hydrogen-bond acceptors (Lipinski definition) is 5. The maximum atomic E-state index is 11.2. The minimum absolute atomic E-state index is 0.102. The van der Waals surface area contributed by atoms with Crippen LogP contribution in [0.1, 0.15) is 18.0 Å². The molecule has 0 heterocycles. The lowest BCUT2D eigenvalue weighted by Gasteiger charge is -2.15. The maximum Gasteiger partial charge on any atom is 0.307 e. The van der Waals surface area contributed by atoms with Crippen LogP contribution in [0.15, 0.2) is 16.6 Å². The van der Waals surface area contributed by atoms with Crippen molar-refractivity contribution in [2.45, 2.75) is 12.5 Å². The van der Waals surface area contributed by atoms with Crippen molar-refractivity contribution in [3.05, 3.63) is 22.2 Å². The normalized spacial score (nSPS) is 11.8. The van der Waals surface area contributed by atoms with Crippen molar-refractivity contribution in [3.8, 4) is 11.5 Å². The van der Waals surface area contributed by atoms with Gasteiger partial charge in [0, 0.05) is 6.04 Å². The highest BCUT2D eigenvalue weighted by Crippen LogP contribution is 2.37. The first-order valence-electron chi connectivity index (χ1n) is 5.27. The summed E-state index contributed by atoms with van der Waals surface area (Å²) < 4.78 is 15.7. The highest BCUT2D eigenvalue weighted by atomic mass is 79.9. The van der Waals surface area contributed by atoms with E-state index in [2.05, 4.69) is 20.7 Å². The lowest BCUT2D eigenvalue weighted by molar-refractivity contribution is -0.141. The van der Waals surface area contributed by atoms with Gasteiger partial charge in [0.2, 0.25) is 0 Å². The molecule has 0 spiro atoms. The third-order valence-electron chi connectivity index (χ3n) is 2.51. The number of nitrogens with two attached hydrogens (primary N) is 1. The number of halogens is 1. The van der Waals surface area contributed by atoms with E-state index < -0.39 is 6.04 Å². The number of methoxy groups -OCH3 is 3. The summed E-state index contributed by atoms with van der Waals surface area (Å²) in [6.07, 6.45) is 0.102. The molecular weight excluding hydrogens is 302 g/mol. The standard InChI is InChI=1S/C12H16BrNO4/c1-16-9-4-7(5-10(17-2)12(9)13)8(14)6-11(15)18-3/h4-5,8H,6,14H2,1-3H3/t8-/m1/s1. The molecule has 0 radical (unpaired) electrons. The van der Waals surface area contributed by atoms with Gasteiger partial charge < -0.3 is 19.9 Å². The lowest BCUT2D eigenvalue weighted by Crippen LogP contribution is -2.16. The first-order chi connectivity index (χ1) is 8.53. The molecule has 1 atom stereocenters. The van der Waals surface area contributed by atoms with Crippen molar-refractivity contribution >= 4 is 21.9 Å². The third-order valence-corrected chi connectivity index (χ3v) is 3.29. The van der Waals surface area contributed by atoms with Crippen molar-refractivity contribution in [3.63, 3.8) is 0 Å². The molecular formula is C12H16BrNO4. The fraction of sp³-hybridized carbons (Fsp3) is 0.417. The Morgan fingerprint density at radius 2 is 1.78 bits per heavy atom. The summed E-state index contributed by atoms with van der Waals surface area (Å²) >= 11 is 3.37. The Morgan fingerprint density at radius 3 is 2.17 bits per heavy atom. The summed E-state index contributed by atoms with van der Waals surface area (Å²) in [6, 6.07) is 3.06. The SMILES string of the molecule is COC(=O)C[C@@H](N)c1cc(OC)c(Br)c(OC)c1. The van der Waals surface area contributed by atoms with E-state index in [0.29, 0.717) is 16.0 Å². The van der Waals surface area contributed by atoms with Crippen molar-refractivity contribution in [1.82, 2.24) is 0 Å². The summed E-state index contributed by atoms with van der Waals surface area (Å²) in [4.78, 5) is 11.2. The number of carbonyl (C=O) groups excluding carboxylic acids is 1. The van der Waals surface area contributed by atoms with Crippen LogP contribution in [0.25, 0.3) is 0 Å². The third kappa shape index (κ3) is 3.36. The second-order valence-corrected chi connectivity index (χ2v) is 4.42. The van der Waals surface area contributed by atoms with Gasteiger partial charge in [-0.05, 0) is 33.6 Å².